The number of nitrogens with zero attached hydrogens (tertiary/aromatic N) is 1. The lowest BCUT2D eigenvalue weighted by Gasteiger charge is -2.20. The van der Waals surface area contributed by atoms with Crippen LogP contribution in [-0.4, -0.2) is 20.0 Å². The normalized spacial score (nSPS) is 10.2. The topological polar surface area (TPSA) is 62.3 Å². The summed E-state index contributed by atoms with van der Waals surface area (Å²) in [6.07, 6.45) is 0. The average Bonchev–Trinajstić information content (AvgIpc) is 2.46. The number of ether oxygens (including phenoxy) is 1. The Morgan fingerprint density at radius 1 is 1.20 bits per heavy atom. The molecule has 104 valence electrons. The van der Waals surface area contributed by atoms with Crippen molar-refractivity contribution in [1.29, 1.82) is 5.41 Å². The first-order chi connectivity index (χ1) is 9.52. The van der Waals surface area contributed by atoms with Gasteiger partial charge in [-0.3, -0.25) is 5.41 Å². The zero-order valence-electron chi connectivity index (χ0n) is 11.4. The van der Waals surface area contributed by atoms with Gasteiger partial charge in [0, 0.05) is 18.3 Å². The third-order valence-electron chi connectivity index (χ3n) is 3.08. The highest BCUT2D eigenvalue weighted by atomic mass is 19.1. The molecule has 0 aliphatic heterocycles. The van der Waals surface area contributed by atoms with E-state index in [1.165, 1.54) is 6.07 Å². The SMILES string of the molecule is COc1ccc(N(C)c2ccc(C(=N)N)cc2F)cc1. The van der Waals surface area contributed by atoms with E-state index in [0.29, 0.717) is 11.3 Å². The minimum absolute atomic E-state index is 0.150. The minimum Gasteiger partial charge on any atom is -0.497 e. The van der Waals surface area contributed by atoms with Crippen LogP contribution >= 0.6 is 0 Å². The van der Waals surface area contributed by atoms with Gasteiger partial charge >= 0.3 is 0 Å². The largest absolute Gasteiger partial charge is 0.497 e. The van der Waals surface area contributed by atoms with Gasteiger partial charge in [0.25, 0.3) is 0 Å². The Morgan fingerprint density at radius 2 is 1.85 bits per heavy atom. The fourth-order valence-corrected chi connectivity index (χ4v) is 1.89. The van der Waals surface area contributed by atoms with Gasteiger partial charge in [-0.2, -0.15) is 0 Å². The predicted molar refractivity (Wildman–Crippen MR) is 78.5 cm³/mol. The van der Waals surface area contributed by atoms with Crippen molar-refractivity contribution < 1.29 is 9.13 Å². The molecular formula is C15H16FN3O. The molecule has 0 bridgehead atoms. The maximum absolute atomic E-state index is 14.1. The van der Waals surface area contributed by atoms with Gasteiger partial charge < -0.3 is 15.4 Å². The summed E-state index contributed by atoms with van der Waals surface area (Å²) in [5.41, 5.74) is 6.96. The molecule has 20 heavy (non-hydrogen) atoms. The fourth-order valence-electron chi connectivity index (χ4n) is 1.89. The Balaban J connectivity index is 2.32. The molecule has 5 heteroatoms. The first-order valence-corrected chi connectivity index (χ1v) is 6.04. The molecule has 0 fully saturated rings. The molecule has 3 N–H and O–H groups in total. The van der Waals surface area contributed by atoms with Crippen molar-refractivity contribution in [1.82, 2.24) is 0 Å². The van der Waals surface area contributed by atoms with Crippen molar-refractivity contribution in [2.75, 3.05) is 19.1 Å². The van der Waals surface area contributed by atoms with Crippen molar-refractivity contribution in [3.63, 3.8) is 0 Å². The van der Waals surface area contributed by atoms with Crippen molar-refractivity contribution in [2.45, 2.75) is 0 Å². The molecule has 2 rings (SSSR count). The molecule has 4 nitrogen and oxygen atoms in total. The summed E-state index contributed by atoms with van der Waals surface area (Å²) in [6.45, 7) is 0. The number of rotatable bonds is 4. The summed E-state index contributed by atoms with van der Waals surface area (Å²) in [5, 5.41) is 7.30. The maximum Gasteiger partial charge on any atom is 0.147 e. The summed E-state index contributed by atoms with van der Waals surface area (Å²) >= 11 is 0. The molecule has 0 radical (unpaired) electrons. The van der Waals surface area contributed by atoms with Gasteiger partial charge in [0.05, 0.1) is 12.8 Å². The Kier molecular flexibility index (Phi) is 3.89. The maximum atomic E-state index is 14.1. The van der Waals surface area contributed by atoms with Gasteiger partial charge in [0.15, 0.2) is 0 Å². The van der Waals surface area contributed by atoms with Crippen LogP contribution in [0.1, 0.15) is 5.56 Å². The van der Waals surface area contributed by atoms with Crippen molar-refractivity contribution in [3.8, 4) is 5.75 Å². The van der Waals surface area contributed by atoms with Crippen LogP contribution < -0.4 is 15.4 Å². The highest BCUT2D eigenvalue weighted by molar-refractivity contribution is 5.95. The fraction of sp³-hybridized carbons (Fsp3) is 0.133. The lowest BCUT2D eigenvalue weighted by Crippen LogP contribution is -2.14. The van der Waals surface area contributed by atoms with Crippen LogP contribution in [0.4, 0.5) is 15.8 Å². The second-order valence-electron chi connectivity index (χ2n) is 4.34. The number of methoxy groups -OCH3 is 1. The summed E-state index contributed by atoms with van der Waals surface area (Å²) in [6, 6.07) is 11.8. The molecule has 0 aromatic heterocycles. The second-order valence-corrected chi connectivity index (χ2v) is 4.34. The number of nitrogens with two attached hydrogens (primary N) is 1. The number of hydrogen-bond donors (Lipinski definition) is 2. The van der Waals surface area contributed by atoms with Crippen LogP contribution in [0.5, 0.6) is 5.75 Å². The van der Waals surface area contributed by atoms with E-state index in [2.05, 4.69) is 0 Å². The lowest BCUT2D eigenvalue weighted by atomic mass is 10.1. The Morgan fingerprint density at radius 3 is 2.35 bits per heavy atom. The van der Waals surface area contributed by atoms with Gasteiger partial charge in [-0.05, 0) is 42.5 Å². The molecule has 0 saturated heterocycles. The van der Waals surface area contributed by atoms with Gasteiger partial charge in [-0.15, -0.1) is 0 Å². The molecule has 0 aliphatic carbocycles. The number of hydrogen-bond acceptors (Lipinski definition) is 3. The number of nitrogen functional groups attached to an aromatic ring is 1. The van der Waals surface area contributed by atoms with Crippen molar-refractivity contribution in [2.24, 2.45) is 5.73 Å². The highest BCUT2D eigenvalue weighted by Gasteiger charge is 2.11. The van der Waals surface area contributed by atoms with Crippen LogP contribution in [0.15, 0.2) is 42.5 Å². The first-order valence-electron chi connectivity index (χ1n) is 6.04. The monoisotopic (exact) mass is 273 g/mol. The number of anilines is 2. The van der Waals surface area contributed by atoms with Gasteiger partial charge in [0.1, 0.15) is 17.4 Å². The van der Waals surface area contributed by atoms with E-state index < -0.39 is 5.82 Å². The average molecular weight is 273 g/mol. The zero-order chi connectivity index (χ0) is 14.7. The van der Waals surface area contributed by atoms with Crippen LogP contribution in [0.25, 0.3) is 0 Å². The predicted octanol–water partition coefficient (Wildman–Crippen LogP) is 2.89. The smallest absolute Gasteiger partial charge is 0.147 e. The van der Waals surface area contributed by atoms with E-state index >= 15 is 0 Å². The van der Waals surface area contributed by atoms with E-state index in [0.717, 1.165) is 11.4 Å². The third-order valence-corrected chi connectivity index (χ3v) is 3.08. The van der Waals surface area contributed by atoms with Crippen LogP contribution in [0.2, 0.25) is 0 Å². The molecule has 0 heterocycles. The van der Waals surface area contributed by atoms with E-state index in [1.807, 2.05) is 24.3 Å². The number of halogens is 1. The van der Waals surface area contributed by atoms with Crippen molar-refractivity contribution >= 4 is 17.2 Å². The Labute approximate surface area is 117 Å². The quantitative estimate of drug-likeness (QED) is 0.665. The number of nitrogens with one attached hydrogen (secondary N) is 1. The van der Waals surface area contributed by atoms with E-state index in [1.54, 1.807) is 31.2 Å². The number of benzene rings is 2. The van der Waals surface area contributed by atoms with Crippen LogP contribution in [0, 0.1) is 11.2 Å². The van der Waals surface area contributed by atoms with Crippen molar-refractivity contribution in [3.05, 3.63) is 53.8 Å². The standard InChI is InChI=1S/C15H16FN3O/c1-19(11-4-6-12(20-2)7-5-11)14-8-3-10(15(17)18)9-13(14)16/h3-9H,1-2H3,(H3,17,18). The highest BCUT2D eigenvalue weighted by Crippen LogP contribution is 2.28. The zero-order valence-corrected chi connectivity index (χ0v) is 11.4. The molecule has 2 aromatic rings. The van der Waals surface area contributed by atoms with Gasteiger partial charge in [0.2, 0.25) is 0 Å². The lowest BCUT2D eigenvalue weighted by molar-refractivity contribution is 0.415. The van der Waals surface area contributed by atoms with E-state index in [-0.39, 0.29) is 5.84 Å². The molecule has 0 unspecified atom stereocenters. The van der Waals surface area contributed by atoms with Crippen LogP contribution in [-0.2, 0) is 0 Å². The molecule has 0 aliphatic rings. The molecule has 0 saturated carbocycles. The molecule has 0 atom stereocenters. The van der Waals surface area contributed by atoms with E-state index in [4.69, 9.17) is 15.9 Å². The summed E-state index contributed by atoms with van der Waals surface area (Å²) < 4.78 is 19.2. The summed E-state index contributed by atoms with van der Waals surface area (Å²) in [4.78, 5) is 1.72. The molecule has 0 amide bonds. The molecule has 2 aromatic carbocycles. The summed E-state index contributed by atoms with van der Waals surface area (Å²) in [7, 11) is 3.37. The second kappa shape index (κ2) is 5.61. The third kappa shape index (κ3) is 2.71. The first kappa shape index (κ1) is 13.9. The number of amidine groups is 1. The van der Waals surface area contributed by atoms with Gasteiger partial charge in [-0.25, -0.2) is 4.39 Å². The Hall–Kier alpha value is -2.56. The van der Waals surface area contributed by atoms with Crippen LogP contribution in [0.3, 0.4) is 0 Å². The molecule has 0 spiro atoms. The molecular weight excluding hydrogens is 257 g/mol. The summed E-state index contributed by atoms with van der Waals surface area (Å²) in [5.74, 6) is 0.174. The minimum atomic E-state index is -0.420. The Bertz CT molecular complexity index is 626. The van der Waals surface area contributed by atoms with Gasteiger partial charge in [-0.1, -0.05) is 0 Å². The van der Waals surface area contributed by atoms with E-state index in [9.17, 15) is 4.39 Å².